The van der Waals surface area contributed by atoms with E-state index in [1.807, 2.05) is 19.1 Å². The van der Waals surface area contributed by atoms with Gasteiger partial charge in [0.25, 0.3) is 0 Å². The van der Waals surface area contributed by atoms with Crippen LogP contribution in [0.3, 0.4) is 0 Å². The van der Waals surface area contributed by atoms with Crippen LogP contribution < -0.4 is 10.5 Å². The van der Waals surface area contributed by atoms with Gasteiger partial charge in [-0.15, -0.1) is 0 Å². The van der Waals surface area contributed by atoms with Crippen LogP contribution in [0.2, 0.25) is 0 Å². The van der Waals surface area contributed by atoms with Gasteiger partial charge in [0.15, 0.2) is 0 Å². The van der Waals surface area contributed by atoms with Crippen LogP contribution in [0.25, 0.3) is 11.3 Å². The van der Waals surface area contributed by atoms with Gasteiger partial charge in [-0.3, -0.25) is 0 Å². The number of benzene rings is 1. The van der Waals surface area contributed by atoms with Gasteiger partial charge < -0.3 is 15.0 Å². The molecule has 0 aliphatic heterocycles. The molecule has 0 aliphatic rings. The maximum absolute atomic E-state index is 6.34. The average Bonchev–Trinajstić information content (AvgIpc) is 2.77. The van der Waals surface area contributed by atoms with E-state index < -0.39 is 0 Å². The summed E-state index contributed by atoms with van der Waals surface area (Å²) in [4.78, 5) is 4.78. The largest absolute Gasteiger partial charge is 0.496 e. The molecular formula is C17H25N3O. The summed E-state index contributed by atoms with van der Waals surface area (Å²) in [5, 5.41) is 0. The Balaban J connectivity index is 2.48. The second-order valence-electron chi connectivity index (χ2n) is 5.35. The number of hydrogen-bond acceptors (Lipinski definition) is 3. The molecule has 0 amide bonds. The van der Waals surface area contributed by atoms with Crippen LogP contribution in [-0.4, -0.2) is 16.7 Å². The van der Waals surface area contributed by atoms with Gasteiger partial charge in [-0.05, 0) is 43.5 Å². The lowest BCUT2D eigenvalue weighted by molar-refractivity contribution is 0.412. The quantitative estimate of drug-likeness (QED) is 0.879. The Morgan fingerprint density at radius 3 is 2.57 bits per heavy atom. The second kappa shape index (κ2) is 6.66. The van der Waals surface area contributed by atoms with E-state index in [0.717, 1.165) is 60.0 Å². The highest BCUT2D eigenvalue weighted by molar-refractivity contribution is 5.72. The first kappa shape index (κ1) is 15.4. The molecule has 0 atom stereocenters. The Bertz CT molecular complexity index is 617. The third-order valence-electron chi connectivity index (χ3n) is 3.67. The standard InChI is InChI=1S/C17H25N3O/c1-5-7-15-19-16(17(18)20(15)10-6-2)13-8-9-14(21-4)12(3)11-13/h8-9,11H,5-7,10,18H2,1-4H3. The molecule has 2 rings (SSSR count). The summed E-state index contributed by atoms with van der Waals surface area (Å²) in [5.74, 6) is 2.74. The zero-order valence-corrected chi connectivity index (χ0v) is 13.4. The Kier molecular flexibility index (Phi) is 4.89. The smallest absolute Gasteiger partial charge is 0.131 e. The van der Waals surface area contributed by atoms with Crippen LogP contribution >= 0.6 is 0 Å². The van der Waals surface area contributed by atoms with Crippen LogP contribution in [0.1, 0.15) is 38.1 Å². The van der Waals surface area contributed by atoms with Gasteiger partial charge >= 0.3 is 0 Å². The number of nitrogens with zero attached hydrogens (tertiary/aromatic N) is 2. The minimum atomic E-state index is 0.768. The zero-order valence-electron chi connectivity index (χ0n) is 13.4. The van der Waals surface area contributed by atoms with Crippen LogP contribution in [0.15, 0.2) is 18.2 Å². The number of imidazole rings is 1. The van der Waals surface area contributed by atoms with Gasteiger partial charge in [0.05, 0.1) is 7.11 Å². The van der Waals surface area contributed by atoms with Crippen LogP contribution in [0.5, 0.6) is 5.75 Å². The molecule has 0 radical (unpaired) electrons. The molecule has 1 aromatic carbocycles. The fraction of sp³-hybridized carbons (Fsp3) is 0.471. The highest BCUT2D eigenvalue weighted by Crippen LogP contribution is 2.30. The van der Waals surface area contributed by atoms with Crippen molar-refractivity contribution in [2.24, 2.45) is 0 Å². The molecule has 2 aromatic rings. The van der Waals surface area contributed by atoms with Gasteiger partial charge in [0, 0.05) is 18.5 Å². The predicted octanol–water partition coefficient (Wildman–Crippen LogP) is 3.81. The summed E-state index contributed by atoms with van der Waals surface area (Å²) in [7, 11) is 1.69. The SMILES string of the molecule is CCCc1nc(-c2ccc(OC)c(C)c2)c(N)n1CCC. The topological polar surface area (TPSA) is 53.1 Å². The number of rotatable bonds is 6. The molecular weight excluding hydrogens is 262 g/mol. The number of ether oxygens (including phenoxy) is 1. The van der Waals surface area contributed by atoms with Crippen molar-refractivity contribution in [3.05, 3.63) is 29.6 Å². The van der Waals surface area contributed by atoms with Crippen molar-refractivity contribution < 1.29 is 4.74 Å². The zero-order chi connectivity index (χ0) is 15.4. The number of aromatic nitrogens is 2. The van der Waals surface area contributed by atoms with E-state index in [2.05, 4.69) is 24.5 Å². The van der Waals surface area contributed by atoms with Crippen LogP contribution in [0, 0.1) is 6.92 Å². The van der Waals surface area contributed by atoms with E-state index in [9.17, 15) is 0 Å². The number of hydrogen-bond donors (Lipinski definition) is 1. The molecule has 0 spiro atoms. The molecule has 114 valence electrons. The van der Waals surface area contributed by atoms with Gasteiger partial charge in [0.2, 0.25) is 0 Å². The average molecular weight is 287 g/mol. The normalized spacial score (nSPS) is 10.9. The number of aryl methyl sites for hydroxylation is 2. The second-order valence-corrected chi connectivity index (χ2v) is 5.35. The van der Waals surface area contributed by atoms with Crippen LogP contribution in [-0.2, 0) is 13.0 Å². The lowest BCUT2D eigenvalue weighted by Crippen LogP contribution is -2.06. The number of nitrogens with two attached hydrogens (primary N) is 1. The summed E-state index contributed by atoms with van der Waals surface area (Å²) in [6.45, 7) is 7.28. The van der Waals surface area contributed by atoms with Gasteiger partial charge in [-0.25, -0.2) is 4.98 Å². The van der Waals surface area contributed by atoms with E-state index in [1.54, 1.807) is 7.11 Å². The molecule has 0 fully saturated rings. The summed E-state index contributed by atoms with van der Waals surface area (Å²) < 4.78 is 7.47. The van der Waals surface area contributed by atoms with Crippen molar-refractivity contribution in [2.75, 3.05) is 12.8 Å². The first-order valence-corrected chi connectivity index (χ1v) is 7.62. The van der Waals surface area contributed by atoms with E-state index >= 15 is 0 Å². The monoisotopic (exact) mass is 287 g/mol. The highest BCUT2D eigenvalue weighted by Gasteiger charge is 2.15. The van der Waals surface area contributed by atoms with Crippen molar-refractivity contribution in [1.82, 2.24) is 9.55 Å². The Morgan fingerprint density at radius 2 is 2.00 bits per heavy atom. The number of methoxy groups -OCH3 is 1. The molecule has 1 heterocycles. The summed E-state index contributed by atoms with van der Waals surface area (Å²) in [6.07, 6.45) is 3.08. The highest BCUT2D eigenvalue weighted by atomic mass is 16.5. The lowest BCUT2D eigenvalue weighted by Gasteiger charge is -2.08. The van der Waals surface area contributed by atoms with E-state index in [1.165, 1.54) is 0 Å². The van der Waals surface area contributed by atoms with E-state index in [4.69, 9.17) is 15.5 Å². The maximum atomic E-state index is 6.34. The molecule has 2 N–H and O–H groups in total. The van der Waals surface area contributed by atoms with E-state index in [-0.39, 0.29) is 0 Å². The predicted molar refractivity (Wildman–Crippen MR) is 87.7 cm³/mol. The first-order chi connectivity index (χ1) is 10.1. The maximum Gasteiger partial charge on any atom is 0.131 e. The molecule has 4 nitrogen and oxygen atoms in total. The lowest BCUT2D eigenvalue weighted by atomic mass is 10.1. The van der Waals surface area contributed by atoms with Gasteiger partial charge in [-0.2, -0.15) is 0 Å². The van der Waals surface area contributed by atoms with Gasteiger partial charge in [0.1, 0.15) is 23.1 Å². The fourth-order valence-electron chi connectivity index (χ4n) is 2.64. The van der Waals surface area contributed by atoms with Crippen molar-refractivity contribution in [1.29, 1.82) is 0 Å². The minimum Gasteiger partial charge on any atom is -0.496 e. The fourth-order valence-corrected chi connectivity index (χ4v) is 2.64. The third kappa shape index (κ3) is 3.04. The number of nitrogen functional groups attached to an aromatic ring is 1. The molecule has 0 aliphatic carbocycles. The molecule has 0 bridgehead atoms. The Hall–Kier alpha value is -1.97. The third-order valence-corrected chi connectivity index (χ3v) is 3.67. The molecule has 21 heavy (non-hydrogen) atoms. The minimum absolute atomic E-state index is 0.768. The molecule has 0 unspecified atom stereocenters. The summed E-state index contributed by atoms with van der Waals surface area (Å²) in [6, 6.07) is 6.09. The Labute approximate surface area is 127 Å². The summed E-state index contributed by atoms with van der Waals surface area (Å²) in [5.41, 5.74) is 9.38. The van der Waals surface area contributed by atoms with Crippen molar-refractivity contribution in [3.63, 3.8) is 0 Å². The van der Waals surface area contributed by atoms with Crippen molar-refractivity contribution in [2.45, 2.75) is 46.6 Å². The molecule has 0 saturated carbocycles. The van der Waals surface area contributed by atoms with Gasteiger partial charge in [-0.1, -0.05) is 13.8 Å². The first-order valence-electron chi connectivity index (χ1n) is 7.62. The molecule has 1 aromatic heterocycles. The number of anilines is 1. The van der Waals surface area contributed by atoms with E-state index in [0.29, 0.717) is 0 Å². The van der Waals surface area contributed by atoms with Crippen LogP contribution in [0.4, 0.5) is 5.82 Å². The summed E-state index contributed by atoms with van der Waals surface area (Å²) >= 11 is 0. The Morgan fingerprint density at radius 1 is 1.24 bits per heavy atom. The van der Waals surface area contributed by atoms with Crippen molar-refractivity contribution >= 4 is 5.82 Å². The molecule has 4 heteroatoms. The van der Waals surface area contributed by atoms with Crippen molar-refractivity contribution in [3.8, 4) is 17.0 Å². The molecule has 0 saturated heterocycles.